The van der Waals surface area contributed by atoms with Crippen molar-refractivity contribution in [1.82, 2.24) is 20.1 Å². The molecule has 0 saturated carbocycles. The molecule has 0 amide bonds. The Kier molecular flexibility index (Phi) is 6.16. The van der Waals surface area contributed by atoms with Gasteiger partial charge in [0.1, 0.15) is 5.54 Å². The molecule has 3 N–H and O–H groups in total. The third-order valence-corrected chi connectivity index (χ3v) is 4.16. The van der Waals surface area contributed by atoms with E-state index < -0.39 is 22.6 Å². The van der Waals surface area contributed by atoms with Crippen LogP contribution in [0, 0.1) is 0 Å². The number of likely N-dealkylation sites (N-methyl/N-ethyl adjacent to an activating group) is 1. The fraction of sp³-hybridized carbons (Fsp3) is 0.667. The summed E-state index contributed by atoms with van der Waals surface area (Å²) in [4.78, 5) is 37.2. The minimum absolute atomic E-state index is 0.403. The summed E-state index contributed by atoms with van der Waals surface area (Å²) >= 11 is 1.30. The van der Waals surface area contributed by atoms with Crippen molar-refractivity contribution in [1.29, 1.82) is 0 Å². The Hall–Kier alpha value is -1.61. The summed E-state index contributed by atoms with van der Waals surface area (Å²) < 4.78 is 1.38. The lowest BCUT2D eigenvalue weighted by molar-refractivity contribution is -0.144. The average Bonchev–Trinajstić information content (AvgIpc) is 2.40. The molecule has 0 aliphatic carbocycles. The minimum atomic E-state index is -0.959. The van der Waals surface area contributed by atoms with Gasteiger partial charge in [-0.1, -0.05) is 18.7 Å². The van der Waals surface area contributed by atoms with Crippen molar-refractivity contribution < 1.29 is 9.90 Å². The van der Waals surface area contributed by atoms with Crippen molar-refractivity contribution in [3.8, 4) is 0 Å². The molecule has 1 heterocycles. The van der Waals surface area contributed by atoms with Crippen LogP contribution < -0.4 is 16.4 Å². The van der Waals surface area contributed by atoms with E-state index in [9.17, 15) is 19.5 Å². The number of rotatable bonds is 8. The molecule has 0 bridgehead atoms. The first-order valence-corrected chi connectivity index (χ1v) is 7.57. The topological polar surface area (TPSA) is 117 Å². The molecule has 0 spiro atoms. The molecule has 1 atom stereocenters. The SMILES string of the molecule is CCNC(C)(CCCSc1nc(=O)c(=O)[nH]n1C)C(=O)O. The van der Waals surface area contributed by atoms with Crippen LogP contribution in [0.3, 0.4) is 0 Å². The van der Waals surface area contributed by atoms with Gasteiger partial charge in [-0.25, -0.2) is 0 Å². The van der Waals surface area contributed by atoms with E-state index in [1.54, 1.807) is 14.0 Å². The van der Waals surface area contributed by atoms with E-state index in [0.29, 0.717) is 30.3 Å². The fourth-order valence-corrected chi connectivity index (χ4v) is 2.70. The van der Waals surface area contributed by atoms with Crippen LogP contribution in [0.2, 0.25) is 0 Å². The Morgan fingerprint density at radius 3 is 2.76 bits per heavy atom. The lowest BCUT2D eigenvalue weighted by Gasteiger charge is -2.25. The van der Waals surface area contributed by atoms with E-state index in [-0.39, 0.29) is 0 Å². The second-order valence-electron chi connectivity index (χ2n) is 4.82. The van der Waals surface area contributed by atoms with Crippen molar-refractivity contribution >= 4 is 17.7 Å². The number of nitrogens with zero attached hydrogens (tertiary/aromatic N) is 2. The van der Waals surface area contributed by atoms with E-state index in [2.05, 4.69) is 15.4 Å². The average molecular weight is 316 g/mol. The van der Waals surface area contributed by atoms with Gasteiger partial charge in [-0.2, -0.15) is 4.98 Å². The summed E-state index contributed by atoms with van der Waals surface area (Å²) in [5.74, 6) is -0.287. The van der Waals surface area contributed by atoms with Gasteiger partial charge in [-0.3, -0.25) is 24.2 Å². The zero-order valence-electron chi connectivity index (χ0n) is 12.3. The van der Waals surface area contributed by atoms with Crippen molar-refractivity contribution in [3.63, 3.8) is 0 Å². The fourth-order valence-electron chi connectivity index (χ4n) is 1.84. The van der Waals surface area contributed by atoms with Gasteiger partial charge in [0.15, 0.2) is 5.16 Å². The Morgan fingerprint density at radius 2 is 2.19 bits per heavy atom. The van der Waals surface area contributed by atoms with Gasteiger partial charge in [-0.15, -0.1) is 0 Å². The molecule has 9 heteroatoms. The number of aryl methyl sites for hydroxylation is 1. The normalized spacial score (nSPS) is 13.9. The Labute approximate surface area is 126 Å². The molecule has 0 radical (unpaired) electrons. The monoisotopic (exact) mass is 316 g/mol. The summed E-state index contributed by atoms with van der Waals surface area (Å²) in [7, 11) is 1.59. The predicted octanol–water partition coefficient (Wildman–Crippen LogP) is -0.206. The number of H-pyrrole nitrogens is 1. The van der Waals surface area contributed by atoms with Crippen LogP contribution in [-0.2, 0) is 11.8 Å². The Balaban J connectivity index is 2.58. The van der Waals surface area contributed by atoms with E-state index in [1.165, 1.54) is 16.4 Å². The van der Waals surface area contributed by atoms with Crippen LogP contribution in [0.1, 0.15) is 26.7 Å². The van der Waals surface area contributed by atoms with E-state index in [0.717, 1.165) is 0 Å². The van der Waals surface area contributed by atoms with Crippen LogP contribution in [0.5, 0.6) is 0 Å². The molecule has 8 nitrogen and oxygen atoms in total. The van der Waals surface area contributed by atoms with Crippen LogP contribution in [0.15, 0.2) is 14.7 Å². The summed E-state index contributed by atoms with van der Waals surface area (Å²) in [6.45, 7) is 4.08. The quantitative estimate of drug-likeness (QED) is 0.345. The number of aromatic amines is 1. The standard InChI is InChI=1S/C12H20N4O4S/c1-4-13-12(2,10(19)20)6-5-7-21-11-14-8(17)9(18)15-16(11)3/h13H,4-7H2,1-3H3,(H,15,18)(H,19,20). The largest absolute Gasteiger partial charge is 0.480 e. The van der Waals surface area contributed by atoms with Gasteiger partial charge in [0.2, 0.25) is 0 Å². The molecule has 0 aromatic carbocycles. The highest BCUT2D eigenvalue weighted by atomic mass is 32.2. The zero-order chi connectivity index (χ0) is 16.0. The van der Waals surface area contributed by atoms with Crippen molar-refractivity contribution in [2.75, 3.05) is 12.3 Å². The molecular formula is C12H20N4O4S. The summed E-state index contributed by atoms with van der Waals surface area (Å²) in [5.41, 5.74) is -2.54. The Morgan fingerprint density at radius 1 is 1.52 bits per heavy atom. The number of hydrogen-bond donors (Lipinski definition) is 3. The number of aliphatic carboxylic acids is 1. The first kappa shape index (κ1) is 17.4. The molecule has 0 aliphatic rings. The van der Waals surface area contributed by atoms with Crippen molar-refractivity contribution in [2.24, 2.45) is 7.05 Å². The zero-order valence-corrected chi connectivity index (χ0v) is 13.1. The molecule has 1 aromatic rings. The minimum Gasteiger partial charge on any atom is -0.480 e. The highest BCUT2D eigenvalue weighted by Gasteiger charge is 2.31. The number of aromatic nitrogens is 3. The first-order valence-electron chi connectivity index (χ1n) is 6.58. The first-order chi connectivity index (χ1) is 9.80. The number of hydrogen-bond acceptors (Lipinski definition) is 6. The van der Waals surface area contributed by atoms with Gasteiger partial charge < -0.3 is 10.4 Å². The highest BCUT2D eigenvalue weighted by Crippen LogP contribution is 2.18. The van der Waals surface area contributed by atoms with Crippen LogP contribution in [-0.4, -0.2) is 43.7 Å². The van der Waals surface area contributed by atoms with Gasteiger partial charge in [0, 0.05) is 12.8 Å². The van der Waals surface area contributed by atoms with Crippen LogP contribution in [0.25, 0.3) is 0 Å². The third-order valence-electron chi connectivity index (χ3n) is 3.04. The van der Waals surface area contributed by atoms with E-state index in [4.69, 9.17) is 0 Å². The predicted molar refractivity (Wildman–Crippen MR) is 79.8 cm³/mol. The van der Waals surface area contributed by atoms with E-state index >= 15 is 0 Å². The van der Waals surface area contributed by atoms with Crippen molar-refractivity contribution in [3.05, 3.63) is 20.7 Å². The lowest BCUT2D eigenvalue weighted by Crippen LogP contribution is -2.49. The molecule has 21 heavy (non-hydrogen) atoms. The smallest absolute Gasteiger partial charge is 0.339 e. The maximum Gasteiger partial charge on any atom is 0.339 e. The number of nitrogens with one attached hydrogen (secondary N) is 2. The van der Waals surface area contributed by atoms with Crippen LogP contribution in [0.4, 0.5) is 0 Å². The molecule has 0 saturated heterocycles. The maximum atomic E-state index is 11.2. The number of carboxylic acids is 1. The lowest BCUT2D eigenvalue weighted by atomic mass is 9.96. The molecular weight excluding hydrogens is 296 g/mol. The van der Waals surface area contributed by atoms with Gasteiger partial charge in [0.25, 0.3) is 0 Å². The number of carbonyl (C=O) groups is 1. The number of thioether (sulfide) groups is 1. The number of carboxylic acid groups (broad SMARTS) is 1. The van der Waals surface area contributed by atoms with Gasteiger partial charge in [-0.05, 0) is 26.3 Å². The summed E-state index contributed by atoms with van der Waals surface area (Å²) in [6, 6.07) is 0. The molecule has 118 valence electrons. The second kappa shape index (κ2) is 7.41. The molecule has 1 unspecified atom stereocenters. The highest BCUT2D eigenvalue weighted by molar-refractivity contribution is 7.99. The molecule has 1 rings (SSSR count). The summed E-state index contributed by atoms with van der Waals surface area (Å²) in [5, 5.41) is 14.9. The molecule has 0 fully saturated rings. The van der Waals surface area contributed by atoms with Gasteiger partial charge >= 0.3 is 17.1 Å². The molecule has 0 aliphatic heterocycles. The van der Waals surface area contributed by atoms with E-state index in [1.807, 2.05) is 6.92 Å². The Bertz CT molecular complexity index is 612. The third kappa shape index (κ3) is 4.71. The van der Waals surface area contributed by atoms with Gasteiger partial charge in [0.05, 0.1) is 0 Å². The summed E-state index contributed by atoms with van der Waals surface area (Å²) in [6.07, 6.45) is 1.09. The maximum absolute atomic E-state index is 11.2. The van der Waals surface area contributed by atoms with Crippen molar-refractivity contribution in [2.45, 2.75) is 37.4 Å². The second-order valence-corrected chi connectivity index (χ2v) is 5.88. The molecule has 1 aromatic heterocycles. The van der Waals surface area contributed by atoms with Crippen LogP contribution >= 0.6 is 11.8 Å².